The van der Waals surface area contributed by atoms with E-state index in [2.05, 4.69) is 54.8 Å². The van der Waals surface area contributed by atoms with Crippen molar-refractivity contribution in [2.75, 3.05) is 44.6 Å². The largest absolute Gasteiger partial charge is 0.394 e. The van der Waals surface area contributed by atoms with Gasteiger partial charge in [0.25, 0.3) is 5.91 Å². The summed E-state index contributed by atoms with van der Waals surface area (Å²) in [6.07, 6.45) is 0.0278. The van der Waals surface area contributed by atoms with Gasteiger partial charge in [0.05, 0.1) is 12.9 Å². The van der Waals surface area contributed by atoms with Gasteiger partial charge in [0.15, 0.2) is 23.2 Å². The Morgan fingerprint density at radius 1 is 0.977 bits per heavy atom. The Morgan fingerprint density at radius 2 is 1.66 bits per heavy atom. The molecule has 2 aliphatic rings. The van der Waals surface area contributed by atoms with Gasteiger partial charge in [-0.15, -0.1) is 0 Å². The molecule has 12 nitrogen and oxygen atoms in total. The zero-order valence-electron chi connectivity index (χ0n) is 24.5. The highest BCUT2D eigenvalue weighted by Crippen LogP contribution is 2.33. The zero-order valence-corrected chi connectivity index (χ0v) is 24.5. The number of nitrogens with zero attached hydrogens (tertiary/aromatic N) is 5. The van der Waals surface area contributed by atoms with Crippen LogP contribution in [0.4, 0.5) is 5.82 Å². The van der Waals surface area contributed by atoms with E-state index in [4.69, 9.17) is 4.74 Å². The van der Waals surface area contributed by atoms with Crippen LogP contribution < -0.4 is 10.6 Å². The van der Waals surface area contributed by atoms with Crippen molar-refractivity contribution < 1.29 is 24.9 Å². The van der Waals surface area contributed by atoms with Gasteiger partial charge in [0, 0.05) is 19.0 Å². The zero-order chi connectivity index (χ0) is 30.5. The molecule has 2 aromatic carbocycles. The predicted molar refractivity (Wildman–Crippen MR) is 164 cm³/mol. The van der Waals surface area contributed by atoms with Crippen LogP contribution >= 0.6 is 0 Å². The van der Waals surface area contributed by atoms with Crippen LogP contribution in [0.5, 0.6) is 0 Å². The number of ether oxygens (including phenoxy) is 1. The maximum absolute atomic E-state index is 13.3. The lowest BCUT2D eigenvalue weighted by molar-refractivity contribution is -0.0511. The molecular weight excluding hydrogens is 562 g/mol. The molecule has 12 heteroatoms. The van der Waals surface area contributed by atoms with Crippen molar-refractivity contribution in [2.24, 2.45) is 0 Å². The summed E-state index contributed by atoms with van der Waals surface area (Å²) in [6, 6.07) is 20.3. The first kappa shape index (κ1) is 30.1. The summed E-state index contributed by atoms with van der Waals surface area (Å²) in [5, 5.41) is 37.1. The van der Waals surface area contributed by atoms with Gasteiger partial charge in [-0.25, -0.2) is 15.0 Å². The van der Waals surface area contributed by atoms with Crippen molar-refractivity contribution in [1.29, 1.82) is 0 Å². The fraction of sp³-hybridized carbons (Fsp3) is 0.438. The number of likely N-dealkylation sites (tertiary alicyclic amines) is 1. The van der Waals surface area contributed by atoms with E-state index in [1.165, 1.54) is 23.7 Å². The molecule has 0 saturated carbocycles. The monoisotopic (exact) mass is 601 g/mol. The first-order valence-electron chi connectivity index (χ1n) is 15.2. The lowest BCUT2D eigenvalue weighted by atomic mass is 9.91. The van der Waals surface area contributed by atoms with Crippen molar-refractivity contribution in [2.45, 2.75) is 49.7 Å². The smallest absolute Gasteiger partial charge is 0.289 e. The topological polar surface area (TPSA) is 158 Å². The van der Waals surface area contributed by atoms with Gasteiger partial charge in [-0.1, -0.05) is 60.7 Å². The van der Waals surface area contributed by atoms with Crippen LogP contribution in [0.2, 0.25) is 0 Å². The van der Waals surface area contributed by atoms with E-state index in [9.17, 15) is 20.1 Å². The highest BCUT2D eigenvalue weighted by atomic mass is 16.6. The Bertz CT molecular complexity index is 1490. The van der Waals surface area contributed by atoms with Crippen molar-refractivity contribution in [3.63, 3.8) is 0 Å². The molecule has 232 valence electrons. The number of aliphatic hydroxyl groups is 3. The second-order valence-corrected chi connectivity index (χ2v) is 11.4. The number of benzene rings is 2. The molecule has 4 aromatic rings. The molecule has 4 heterocycles. The maximum atomic E-state index is 13.3. The van der Waals surface area contributed by atoms with Gasteiger partial charge in [-0.3, -0.25) is 9.36 Å². The molecule has 1 amide bonds. The fourth-order valence-electron chi connectivity index (χ4n) is 6.02. The van der Waals surface area contributed by atoms with E-state index >= 15 is 0 Å². The van der Waals surface area contributed by atoms with Crippen LogP contribution in [0.1, 0.15) is 53.2 Å². The SMILES string of the molecule is O=C(NCCCN1CCCC1)c1nc(NCC(c2ccccc2)c2ccccc2)c2ncn(C3OC(CO)C(O)C3O)c2n1. The molecule has 2 fully saturated rings. The molecule has 2 saturated heterocycles. The standard InChI is InChI=1S/C32H39N7O5/c40-19-24-26(41)27(42)32(44-24)39-20-35-25-28(34-18-23(21-10-3-1-4-11-21)22-12-5-2-6-13-22)36-29(37-30(25)39)31(43)33-14-9-17-38-15-7-8-16-38/h1-6,10-13,20,23-24,26-27,32,40-42H,7-9,14-19H2,(H,33,43)(H,34,36,37). The summed E-state index contributed by atoms with van der Waals surface area (Å²) in [7, 11) is 0. The number of aromatic nitrogens is 4. The van der Waals surface area contributed by atoms with E-state index in [1.54, 1.807) is 0 Å². The van der Waals surface area contributed by atoms with Gasteiger partial charge in [0.1, 0.15) is 18.3 Å². The second kappa shape index (κ2) is 13.8. The number of amides is 1. The summed E-state index contributed by atoms with van der Waals surface area (Å²) in [5.41, 5.74) is 2.87. The van der Waals surface area contributed by atoms with Crippen molar-refractivity contribution >= 4 is 22.9 Å². The van der Waals surface area contributed by atoms with E-state index < -0.39 is 37.1 Å². The number of hydrogen-bond donors (Lipinski definition) is 5. The van der Waals surface area contributed by atoms with E-state index in [-0.39, 0.29) is 17.4 Å². The molecule has 0 spiro atoms. The fourth-order valence-corrected chi connectivity index (χ4v) is 6.02. The van der Waals surface area contributed by atoms with Gasteiger partial charge in [-0.2, -0.15) is 0 Å². The van der Waals surface area contributed by atoms with E-state index in [0.29, 0.717) is 24.4 Å². The average Bonchev–Trinajstić information content (AvgIpc) is 3.80. The summed E-state index contributed by atoms with van der Waals surface area (Å²) in [6.45, 7) is 3.59. The van der Waals surface area contributed by atoms with Crippen LogP contribution in [-0.2, 0) is 4.74 Å². The number of imidazole rings is 1. The molecule has 0 bridgehead atoms. The maximum Gasteiger partial charge on any atom is 0.289 e. The third-order valence-corrected chi connectivity index (χ3v) is 8.43. The molecule has 44 heavy (non-hydrogen) atoms. The Morgan fingerprint density at radius 3 is 2.30 bits per heavy atom. The van der Waals surface area contributed by atoms with Gasteiger partial charge < -0.3 is 35.6 Å². The number of anilines is 1. The van der Waals surface area contributed by atoms with Crippen LogP contribution in [0.3, 0.4) is 0 Å². The van der Waals surface area contributed by atoms with Gasteiger partial charge in [-0.05, 0) is 50.0 Å². The van der Waals surface area contributed by atoms with Crippen molar-refractivity contribution in [3.05, 3.63) is 83.9 Å². The summed E-state index contributed by atoms with van der Waals surface area (Å²) < 4.78 is 7.23. The number of nitrogens with one attached hydrogen (secondary N) is 2. The Kier molecular flexibility index (Phi) is 9.43. The molecule has 4 unspecified atom stereocenters. The number of carbonyl (C=O) groups is 1. The van der Waals surface area contributed by atoms with Crippen molar-refractivity contribution in [1.82, 2.24) is 29.7 Å². The molecular formula is C32H39N7O5. The number of aliphatic hydroxyl groups excluding tert-OH is 3. The highest BCUT2D eigenvalue weighted by Gasteiger charge is 2.44. The number of carbonyl (C=O) groups excluding carboxylic acids is 1. The second-order valence-electron chi connectivity index (χ2n) is 11.4. The van der Waals surface area contributed by atoms with E-state index in [0.717, 1.165) is 37.2 Å². The lowest BCUT2D eigenvalue weighted by Gasteiger charge is -2.20. The third-order valence-electron chi connectivity index (χ3n) is 8.43. The van der Waals surface area contributed by atoms with Crippen molar-refractivity contribution in [3.8, 4) is 0 Å². The predicted octanol–water partition coefficient (Wildman–Crippen LogP) is 1.90. The average molecular weight is 602 g/mol. The quantitative estimate of drug-likeness (QED) is 0.152. The first-order chi connectivity index (χ1) is 21.5. The molecule has 6 rings (SSSR count). The minimum atomic E-state index is -1.33. The van der Waals surface area contributed by atoms with Crippen LogP contribution in [0.15, 0.2) is 67.0 Å². The van der Waals surface area contributed by atoms with Crippen LogP contribution in [-0.4, -0.2) is 103 Å². The van der Waals surface area contributed by atoms with Gasteiger partial charge in [0.2, 0.25) is 5.82 Å². The molecule has 5 N–H and O–H groups in total. The minimum absolute atomic E-state index is 0.0205. The lowest BCUT2D eigenvalue weighted by Crippen LogP contribution is -2.33. The summed E-state index contributed by atoms with van der Waals surface area (Å²) in [4.78, 5) is 29.4. The molecule has 0 radical (unpaired) electrons. The summed E-state index contributed by atoms with van der Waals surface area (Å²) in [5.74, 6) is -0.133. The molecule has 4 atom stereocenters. The normalized spacial score (nSPS) is 22.2. The first-order valence-corrected chi connectivity index (χ1v) is 15.2. The van der Waals surface area contributed by atoms with Crippen LogP contribution in [0.25, 0.3) is 11.2 Å². The molecule has 2 aliphatic heterocycles. The van der Waals surface area contributed by atoms with Gasteiger partial charge >= 0.3 is 0 Å². The minimum Gasteiger partial charge on any atom is -0.394 e. The Hall–Kier alpha value is -3.94. The van der Waals surface area contributed by atoms with E-state index in [1.807, 2.05) is 36.4 Å². The van der Waals surface area contributed by atoms with Crippen LogP contribution in [0, 0.1) is 0 Å². The number of fused-ring (bicyclic) bond motifs is 1. The Labute approximate surface area is 255 Å². The number of rotatable bonds is 12. The molecule has 0 aliphatic carbocycles. The third kappa shape index (κ3) is 6.44. The summed E-state index contributed by atoms with van der Waals surface area (Å²) >= 11 is 0. The molecule has 2 aromatic heterocycles. The highest BCUT2D eigenvalue weighted by molar-refractivity contribution is 5.94. The number of hydrogen-bond acceptors (Lipinski definition) is 10. The Balaban J connectivity index is 1.29.